The highest BCUT2D eigenvalue weighted by Crippen LogP contribution is 2.26. The van der Waals surface area contributed by atoms with Gasteiger partial charge in [0, 0.05) is 0 Å². The molecule has 116 valence electrons. The smallest absolute Gasteiger partial charge is 0.335 e. The summed E-state index contributed by atoms with van der Waals surface area (Å²) in [5, 5.41) is 9.21. The normalized spacial score (nSPS) is 10.6. The van der Waals surface area contributed by atoms with E-state index in [1.165, 1.54) is 25.7 Å². The van der Waals surface area contributed by atoms with Gasteiger partial charge in [0.15, 0.2) is 0 Å². The summed E-state index contributed by atoms with van der Waals surface area (Å²) >= 11 is 0. The van der Waals surface area contributed by atoms with E-state index < -0.39 is 5.97 Å². The van der Waals surface area contributed by atoms with E-state index in [2.05, 4.69) is 19.1 Å². The Morgan fingerprint density at radius 3 is 2.36 bits per heavy atom. The number of unbranched alkanes of at least 4 members (excludes halogenated alkanes) is 4. The van der Waals surface area contributed by atoms with E-state index in [0.29, 0.717) is 5.56 Å². The van der Waals surface area contributed by atoms with Gasteiger partial charge in [-0.1, -0.05) is 69.0 Å². The van der Waals surface area contributed by atoms with Gasteiger partial charge in [0.2, 0.25) is 0 Å². The summed E-state index contributed by atoms with van der Waals surface area (Å²) in [4.78, 5) is 11.2. The molecule has 0 fully saturated rings. The predicted octanol–water partition coefficient (Wildman–Crippen LogP) is 5.56. The first-order valence-electron chi connectivity index (χ1n) is 8.14. The largest absolute Gasteiger partial charge is 0.478 e. The Morgan fingerprint density at radius 1 is 0.955 bits per heavy atom. The molecule has 0 atom stereocenters. The molecular formula is C20H24O2. The van der Waals surface area contributed by atoms with E-state index in [1.54, 1.807) is 6.07 Å². The Kier molecular flexibility index (Phi) is 6.20. The van der Waals surface area contributed by atoms with Gasteiger partial charge in [-0.15, -0.1) is 0 Å². The van der Waals surface area contributed by atoms with E-state index >= 15 is 0 Å². The molecule has 0 aliphatic carbocycles. The van der Waals surface area contributed by atoms with Crippen molar-refractivity contribution in [1.82, 2.24) is 0 Å². The molecule has 0 heterocycles. The van der Waals surface area contributed by atoms with E-state index in [0.717, 1.165) is 29.5 Å². The lowest BCUT2D eigenvalue weighted by Gasteiger charge is -2.11. The molecule has 2 aromatic carbocycles. The van der Waals surface area contributed by atoms with Crippen molar-refractivity contribution < 1.29 is 9.90 Å². The molecule has 0 radical (unpaired) electrons. The number of hydrogen-bond donors (Lipinski definition) is 1. The van der Waals surface area contributed by atoms with Crippen LogP contribution in [0.15, 0.2) is 48.5 Å². The highest BCUT2D eigenvalue weighted by atomic mass is 16.4. The number of hydrogen-bond acceptors (Lipinski definition) is 1. The highest BCUT2D eigenvalue weighted by molar-refractivity contribution is 5.89. The van der Waals surface area contributed by atoms with Gasteiger partial charge in [0.1, 0.15) is 0 Å². The third kappa shape index (κ3) is 4.45. The molecular weight excluding hydrogens is 272 g/mol. The summed E-state index contributed by atoms with van der Waals surface area (Å²) < 4.78 is 0. The van der Waals surface area contributed by atoms with Gasteiger partial charge < -0.3 is 5.11 Å². The van der Waals surface area contributed by atoms with Crippen LogP contribution >= 0.6 is 0 Å². The molecule has 0 bridgehead atoms. The van der Waals surface area contributed by atoms with Crippen molar-refractivity contribution >= 4 is 5.97 Å². The summed E-state index contributed by atoms with van der Waals surface area (Å²) in [5.41, 5.74) is 3.83. The second-order valence-corrected chi connectivity index (χ2v) is 5.71. The summed E-state index contributed by atoms with van der Waals surface area (Å²) in [7, 11) is 0. The number of benzene rings is 2. The molecule has 2 heteroatoms. The molecule has 22 heavy (non-hydrogen) atoms. The van der Waals surface area contributed by atoms with E-state index in [-0.39, 0.29) is 0 Å². The SMILES string of the molecule is CCCCCCCc1cc(C(=O)O)ccc1-c1ccccc1. The Bertz CT molecular complexity index is 602. The van der Waals surface area contributed by atoms with Crippen LogP contribution in [-0.2, 0) is 6.42 Å². The standard InChI is InChI=1S/C20H24O2/c1-2-3-4-5-7-12-17-15-18(20(21)22)13-14-19(17)16-10-8-6-9-11-16/h6,8-11,13-15H,2-5,7,12H2,1H3,(H,21,22). The molecule has 2 rings (SSSR count). The molecule has 2 nitrogen and oxygen atoms in total. The number of carbonyl (C=O) groups is 1. The van der Waals surface area contributed by atoms with Crippen LogP contribution in [0.25, 0.3) is 11.1 Å². The van der Waals surface area contributed by atoms with Crippen LogP contribution in [0, 0.1) is 0 Å². The zero-order valence-electron chi connectivity index (χ0n) is 13.2. The summed E-state index contributed by atoms with van der Waals surface area (Å²) in [6, 6.07) is 15.7. The highest BCUT2D eigenvalue weighted by Gasteiger charge is 2.09. The Morgan fingerprint density at radius 2 is 1.68 bits per heavy atom. The fourth-order valence-corrected chi connectivity index (χ4v) is 2.75. The molecule has 1 N–H and O–H groups in total. The molecule has 0 aromatic heterocycles. The van der Waals surface area contributed by atoms with E-state index in [1.807, 2.05) is 30.3 Å². The van der Waals surface area contributed by atoms with Gasteiger partial charge in [-0.25, -0.2) is 4.79 Å². The zero-order chi connectivity index (χ0) is 15.8. The first kappa shape index (κ1) is 16.3. The van der Waals surface area contributed by atoms with E-state index in [4.69, 9.17) is 0 Å². The topological polar surface area (TPSA) is 37.3 Å². The van der Waals surface area contributed by atoms with Crippen molar-refractivity contribution in [3.05, 3.63) is 59.7 Å². The molecule has 0 unspecified atom stereocenters. The monoisotopic (exact) mass is 296 g/mol. The van der Waals surface area contributed by atoms with E-state index in [9.17, 15) is 9.90 Å². The van der Waals surface area contributed by atoms with Crippen molar-refractivity contribution in [3.63, 3.8) is 0 Å². The van der Waals surface area contributed by atoms with Crippen LogP contribution in [0.5, 0.6) is 0 Å². The molecule has 2 aromatic rings. The first-order chi connectivity index (χ1) is 10.7. The van der Waals surface area contributed by atoms with Gasteiger partial charge >= 0.3 is 5.97 Å². The van der Waals surface area contributed by atoms with Gasteiger partial charge in [0.25, 0.3) is 0 Å². The van der Waals surface area contributed by atoms with Crippen molar-refractivity contribution in [2.24, 2.45) is 0 Å². The second kappa shape index (κ2) is 8.38. The lowest BCUT2D eigenvalue weighted by atomic mass is 9.94. The van der Waals surface area contributed by atoms with Gasteiger partial charge in [-0.05, 0) is 41.7 Å². The number of carboxylic acid groups (broad SMARTS) is 1. The van der Waals surface area contributed by atoms with Crippen LogP contribution in [0.3, 0.4) is 0 Å². The third-order valence-electron chi connectivity index (χ3n) is 3.99. The van der Waals surface area contributed by atoms with Gasteiger partial charge in [0.05, 0.1) is 5.56 Å². The minimum Gasteiger partial charge on any atom is -0.478 e. The van der Waals surface area contributed by atoms with Crippen molar-refractivity contribution in [2.75, 3.05) is 0 Å². The molecule has 0 saturated carbocycles. The quantitative estimate of drug-likeness (QED) is 0.647. The Labute approximate surface area is 132 Å². The van der Waals surface area contributed by atoms with Crippen molar-refractivity contribution in [3.8, 4) is 11.1 Å². The number of aromatic carboxylic acids is 1. The maximum atomic E-state index is 11.2. The fourth-order valence-electron chi connectivity index (χ4n) is 2.75. The van der Waals surface area contributed by atoms with Gasteiger partial charge in [-0.2, -0.15) is 0 Å². The van der Waals surface area contributed by atoms with Crippen LogP contribution in [0.1, 0.15) is 54.9 Å². The number of rotatable bonds is 8. The number of aryl methyl sites for hydroxylation is 1. The predicted molar refractivity (Wildman–Crippen MR) is 91.3 cm³/mol. The van der Waals surface area contributed by atoms with Crippen molar-refractivity contribution in [2.45, 2.75) is 45.4 Å². The Hall–Kier alpha value is -2.09. The molecule has 0 saturated heterocycles. The van der Waals surface area contributed by atoms with Crippen LogP contribution in [-0.4, -0.2) is 11.1 Å². The van der Waals surface area contributed by atoms with Gasteiger partial charge in [-0.3, -0.25) is 0 Å². The Balaban J connectivity index is 2.19. The molecule has 0 spiro atoms. The number of carboxylic acids is 1. The lowest BCUT2D eigenvalue weighted by Crippen LogP contribution is -1.99. The lowest BCUT2D eigenvalue weighted by molar-refractivity contribution is 0.0697. The molecule has 0 aliphatic rings. The van der Waals surface area contributed by atoms with Crippen LogP contribution < -0.4 is 0 Å². The first-order valence-corrected chi connectivity index (χ1v) is 8.14. The summed E-state index contributed by atoms with van der Waals surface area (Å²) in [5.74, 6) is -0.855. The maximum Gasteiger partial charge on any atom is 0.335 e. The minimum atomic E-state index is -0.855. The van der Waals surface area contributed by atoms with Crippen molar-refractivity contribution in [1.29, 1.82) is 0 Å². The van der Waals surface area contributed by atoms with Crippen LogP contribution in [0.2, 0.25) is 0 Å². The molecule has 0 amide bonds. The zero-order valence-corrected chi connectivity index (χ0v) is 13.2. The maximum absolute atomic E-state index is 11.2. The fraction of sp³-hybridized carbons (Fsp3) is 0.350. The molecule has 0 aliphatic heterocycles. The third-order valence-corrected chi connectivity index (χ3v) is 3.99. The average Bonchev–Trinajstić information content (AvgIpc) is 2.55. The summed E-state index contributed by atoms with van der Waals surface area (Å²) in [6.07, 6.45) is 7.04. The van der Waals surface area contributed by atoms with Crippen LogP contribution in [0.4, 0.5) is 0 Å². The minimum absolute atomic E-state index is 0.378. The second-order valence-electron chi connectivity index (χ2n) is 5.71. The summed E-state index contributed by atoms with van der Waals surface area (Å²) in [6.45, 7) is 2.21. The average molecular weight is 296 g/mol.